The number of nitrogens with one attached hydrogen (secondary N) is 2. The lowest BCUT2D eigenvalue weighted by Gasteiger charge is -2.11. The Morgan fingerprint density at radius 2 is 1.81 bits per heavy atom. The summed E-state index contributed by atoms with van der Waals surface area (Å²) in [5.41, 5.74) is 2.44. The molecule has 0 heterocycles. The number of amides is 1. The van der Waals surface area contributed by atoms with Gasteiger partial charge in [-0.3, -0.25) is 4.79 Å². The fourth-order valence-corrected chi connectivity index (χ4v) is 2.21. The first-order valence-corrected chi connectivity index (χ1v) is 7.34. The minimum atomic E-state index is -0.187. The summed E-state index contributed by atoms with van der Waals surface area (Å²) in [6.07, 6.45) is 0. The standard InChI is InChI=1S/C15H13Cl3N2O/c1-9-2-3-10(16)6-14(9)19-8-15(21)20-11-4-5-12(17)13(18)7-11/h2-7,19H,8H2,1H3,(H,20,21). The largest absolute Gasteiger partial charge is 0.376 e. The summed E-state index contributed by atoms with van der Waals surface area (Å²) < 4.78 is 0. The molecule has 2 aromatic rings. The predicted molar refractivity (Wildman–Crippen MR) is 89.8 cm³/mol. The molecule has 0 aliphatic carbocycles. The average molecular weight is 344 g/mol. The third-order valence-corrected chi connectivity index (χ3v) is 3.82. The lowest BCUT2D eigenvalue weighted by molar-refractivity contribution is -0.114. The Kier molecular flexibility index (Phi) is 5.34. The molecule has 0 aromatic heterocycles. The van der Waals surface area contributed by atoms with E-state index in [-0.39, 0.29) is 12.5 Å². The number of aryl methyl sites for hydroxylation is 1. The van der Waals surface area contributed by atoms with Crippen molar-refractivity contribution < 1.29 is 4.79 Å². The van der Waals surface area contributed by atoms with Gasteiger partial charge < -0.3 is 10.6 Å². The Hall–Kier alpha value is -1.42. The van der Waals surface area contributed by atoms with Crippen molar-refractivity contribution in [1.29, 1.82) is 0 Å². The highest BCUT2D eigenvalue weighted by Gasteiger charge is 2.06. The predicted octanol–water partition coefficient (Wildman–Crippen LogP) is 5.01. The van der Waals surface area contributed by atoms with Crippen molar-refractivity contribution in [3.05, 3.63) is 57.0 Å². The topological polar surface area (TPSA) is 41.1 Å². The maximum Gasteiger partial charge on any atom is 0.243 e. The third kappa shape index (κ3) is 4.53. The quantitative estimate of drug-likeness (QED) is 0.819. The Morgan fingerprint density at radius 1 is 1.05 bits per heavy atom. The fourth-order valence-electron chi connectivity index (χ4n) is 1.74. The second-order valence-corrected chi connectivity index (χ2v) is 5.74. The van der Waals surface area contributed by atoms with Gasteiger partial charge in [-0.1, -0.05) is 40.9 Å². The molecule has 0 aliphatic heterocycles. The van der Waals surface area contributed by atoms with Gasteiger partial charge in [-0.25, -0.2) is 0 Å². The van der Waals surface area contributed by atoms with E-state index in [1.807, 2.05) is 13.0 Å². The highest BCUT2D eigenvalue weighted by molar-refractivity contribution is 6.42. The maximum absolute atomic E-state index is 11.9. The Bertz CT molecular complexity index is 674. The van der Waals surface area contributed by atoms with Crippen molar-refractivity contribution in [3.8, 4) is 0 Å². The molecule has 3 nitrogen and oxygen atoms in total. The van der Waals surface area contributed by atoms with E-state index in [4.69, 9.17) is 34.8 Å². The maximum atomic E-state index is 11.9. The molecule has 0 bridgehead atoms. The zero-order chi connectivity index (χ0) is 15.4. The zero-order valence-corrected chi connectivity index (χ0v) is 13.5. The molecular formula is C15H13Cl3N2O. The normalized spacial score (nSPS) is 10.3. The van der Waals surface area contributed by atoms with Gasteiger partial charge in [0.2, 0.25) is 5.91 Å². The minimum absolute atomic E-state index is 0.126. The van der Waals surface area contributed by atoms with Gasteiger partial charge in [-0.05, 0) is 42.8 Å². The van der Waals surface area contributed by atoms with Crippen LogP contribution in [0.3, 0.4) is 0 Å². The molecular weight excluding hydrogens is 331 g/mol. The number of anilines is 2. The van der Waals surface area contributed by atoms with Crippen LogP contribution in [0.4, 0.5) is 11.4 Å². The Morgan fingerprint density at radius 3 is 2.52 bits per heavy atom. The molecule has 0 saturated carbocycles. The number of hydrogen-bond donors (Lipinski definition) is 2. The molecule has 110 valence electrons. The van der Waals surface area contributed by atoms with E-state index in [1.54, 1.807) is 30.3 Å². The monoisotopic (exact) mass is 342 g/mol. The molecule has 0 fully saturated rings. The van der Waals surface area contributed by atoms with Crippen LogP contribution >= 0.6 is 34.8 Å². The van der Waals surface area contributed by atoms with Gasteiger partial charge in [-0.15, -0.1) is 0 Å². The van der Waals surface area contributed by atoms with Crippen LogP contribution in [0.5, 0.6) is 0 Å². The number of halogens is 3. The lowest BCUT2D eigenvalue weighted by atomic mass is 10.2. The third-order valence-electron chi connectivity index (χ3n) is 2.84. The molecule has 2 rings (SSSR count). The van der Waals surface area contributed by atoms with Crippen LogP contribution in [-0.4, -0.2) is 12.5 Å². The molecule has 0 unspecified atom stereocenters. The van der Waals surface area contributed by atoms with E-state index in [2.05, 4.69) is 10.6 Å². The van der Waals surface area contributed by atoms with Gasteiger partial charge >= 0.3 is 0 Å². The van der Waals surface area contributed by atoms with Crippen molar-refractivity contribution in [2.24, 2.45) is 0 Å². The number of carbonyl (C=O) groups excluding carboxylic acids is 1. The van der Waals surface area contributed by atoms with Gasteiger partial charge in [0.25, 0.3) is 0 Å². The van der Waals surface area contributed by atoms with Gasteiger partial charge in [-0.2, -0.15) is 0 Å². The van der Waals surface area contributed by atoms with E-state index in [0.29, 0.717) is 20.8 Å². The highest BCUT2D eigenvalue weighted by atomic mass is 35.5. The van der Waals surface area contributed by atoms with E-state index in [0.717, 1.165) is 11.3 Å². The zero-order valence-electron chi connectivity index (χ0n) is 11.2. The molecule has 6 heteroatoms. The molecule has 0 radical (unpaired) electrons. The van der Waals surface area contributed by atoms with E-state index >= 15 is 0 Å². The second-order valence-electron chi connectivity index (χ2n) is 4.49. The number of rotatable bonds is 4. The Balaban J connectivity index is 1.95. The molecule has 0 aliphatic rings. The van der Waals surface area contributed by atoms with Crippen LogP contribution in [0.1, 0.15) is 5.56 Å². The number of carbonyl (C=O) groups is 1. The second kappa shape index (κ2) is 7.03. The van der Waals surface area contributed by atoms with Crippen molar-refractivity contribution in [2.45, 2.75) is 6.92 Å². The highest BCUT2D eigenvalue weighted by Crippen LogP contribution is 2.25. The van der Waals surface area contributed by atoms with E-state index in [9.17, 15) is 4.79 Å². The summed E-state index contributed by atoms with van der Waals surface area (Å²) in [5.74, 6) is -0.187. The van der Waals surface area contributed by atoms with Gasteiger partial charge in [0, 0.05) is 16.4 Å². The first kappa shape index (κ1) is 16.0. The fraction of sp³-hybridized carbons (Fsp3) is 0.133. The summed E-state index contributed by atoms with van der Waals surface area (Å²) >= 11 is 17.6. The van der Waals surface area contributed by atoms with Crippen molar-refractivity contribution in [2.75, 3.05) is 17.2 Å². The van der Waals surface area contributed by atoms with Crippen LogP contribution in [0.25, 0.3) is 0 Å². The van der Waals surface area contributed by atoms with Crippen molar-refractivity contribution in [3.63, 3.8) is 0 Å². The molecule has 1 amide bonds. The molecule has 21 heavy (non-hydrogen) atoms. The number of benzene rings is 2. The molecule has 0 atom stereocenters. The first-order valence-electron chi connectivity index (χ1n) is 6.20. The summed E-state index contributed by atoms with van der Waals surface area (Å²) in [4.78, 5) is 11.9. The summed E-state index contributed by atoms with van der Waals surface area (Å²) in [6, 6.07) is 10.4. The smallest absolute Gasteiger partial charge is 0.243 e. The van der Waals surface area contributed by atoms with E-state index < -0.39 is 0 Å². The van der Waals surface area contributed by atoms with Gasteiger partial charge in [0.15, 0.2) is 0 Å². The SMILES string of the molecule is Cc1ccc(Cl)cc1NCC(=O)Nc1ccc(Cl)c(Cl)c1. The number of hydrogen-bond acceptors (Lipinski definition) is 2. The van der Waals surface area contributed by atoms with Crippen LogP contribution in [0, 0.1) is 6.92 Å². The summed E-state index contributed by atoms with van der Waals surface area (Å²) in [7, 11) is 0. The summed E-state index contributed by atoms with van der Waals surface area (Å²) in [5, 5.41) is 7.24. The molecule has 0 saturated heterocycles. The molecule has 0 spiro atoms. The van der Waals surface area contributed by atoms with E-state index in [1.165, 1.54) is 0 Å². The lowest BCUT2D eigenvalue weighted by Crippen LogP contribution is -2.22. The molecule has 2 aromatic carbocycles. The minimum Gasteiger partial charge on any atom is -0.376 e. The summed E-state index contributed by atoms with van der Waals surface area (Å²) in [6.45, 7) is 2.07. The van der Waals surface area contributed by atoms with Crippen molar-refractivity contribution >= 4 is 52.1 Å². The first-order chi connectivity index (χ1) is 9.95. The van der Waals surface area contributed by atoms with Gasteiger partial charge in [0.1, 0.15) is 0 Å². The van der Waals surface area contributed by atoms with Crippen LogP contribution in [0.2, 0.25) is 15.1 Å². The molecule has 2 N–H and O–H groups in total. The average Bonchev–Trinajstić information content (AvgIpc) is 2.44. The van der Waals surface area contributed by atoms with Crippen LogP contribution < -0.4 is 10.6 Å². The van der Waals surface area contributed by atoms with Crippen LogP contribution in [-0.2, 0) is 4.79 Å². The van der Waals surface area contributed by atoms with Crippen LogP contribution in [0.15, 0.2) is 36.4 Å². The van der Waals surface area contributed by atoms with Gasteiger partial charge in [0.05, 0.1) is 16.6 Å². The Labute approximate surface area is 138 Å². The van der Waals surface area contributed by atoms with Crippen molar-refractivity contribution in [1.82, 2.24) is 0 Å².